The van der Waals surface area contributed by atoms with Crippen molar-refractivity contribution in [1.82, 2.24) is 19.8 Å². The Hall–Kier alpha value is -2.02. The van der Waals surface area contributed by atoms with Gasteiger partial charge in [0.25, 0.3) is 0 Å². The summed E-state index contributed by atoms with van der Waals surface area (Å²) in [4.78, 5) is 30.7. The summed E-state index contributed by atoms with van der Waals surface area (Å²) < 4.78 is 2.14. The summed E-state index contributed by atoms with van der Waals surface area (Å²) in [6.45, 7) is 5.11. The van der Waals surface area contributed by atoms with E-state index < -0.39 is 0 Å². The average molecular weight is 389 g/mol. The average Bonchev–Trinajstić information content (AvgIpc) is 2.91. The van der Waals surface area contributed by atoms with Crippen LogP contribution in [0.15, 0.2) is 29.4 Å². The van der Waals surface area contributed by atoms with Gasteiger partial charge in [-0.25, -0.2) is 4.98 Å². The summed E-state index contributed by atoms with van der Waals surface area (Å²) in [5, 5.41) is 3.84. The number of imidazole rings is 1. The second-order valence-electron chi connectivity index (χ2n) is 6.81. The molecule has 1 fully saturated rings. The number of nitrogens with one attached hydrogen (secondary N) is 1. The van der Waals surface area contributed by atoms with Crippen LogP contribution in [0.5, 0.6) is 0 Å². The van der Waals surface area contributed by atoms with Gasteiger partial charge in [0.05, 0.1) is 16.8 Å². The number of thioether (sulfide) groups is 1. The number of para-hydroxylation sites is 2. The second-order valence-corrected chi connectivity index (χ2v) is 7.75. The Bertz CT molecular complexity index is 789. The third-order valence-electron chi connectivity index (χ3n) is 4.87. The zero-order chi connectivity index (χ0) is 19.1. The maximum atomic E-state index is 12.2. The van der Waals surface area contributed by atoms with Crippen molar-refractivity contribution in [2.24, 2.45) is 0 Å². The quantitative estimate of drug-likeness (QED) is 0.557. The standard InChI is InChI=1S/C20H28N4O2S/c1-2-24-17-10-6-5-9-16(17)22-20(24)27-15-18(25)21-12-8-14-23-13-7-3-4-11-19(23)26/h5-6,9-10H,2-4,7-8,11-15H2,1H3,(H,21,25). The minimum atomic E-state index is 0.0110. The van der Waals surface area contributed by atoms with Crippen LogP contribution in [-0.2, 0) is 16.1 Å². The Morgan fingerprint density at radius 2 is 2.11 bits per heavy atom. The van der Waals surface area contributed by atoms with Gasteiger partial charge in [-0.05, 0) is 38.3 Å². The van der Waals surface area contributed by atoms with Crippen molar-refractivity contribution in [1.29, 1.82) is 0 Å². The van der Waals surface area contributed by atoms with E-state index in [2.05, 4.69) is 27.9 Å². The molecular formula is C20H28N4O2S. The van der Waals surface area contributed by atoms with Gasteiger partial charge in [0, 0.05) is 32.6 Å². The molecule has 0 atom stereocenters. The number of benzene rings is 1. The summed E-state index contributed by atoms with van der Waals surface area (Å²) in [5.41, 5.74) is 2.06. The zero-order valence-corrected chi connectivity index (χ0v) is 16.8. The van der Waals surface area contributed by atoms with E-state index in [9.17, 15) is 9.59 Å². The van der Waals surface area contributed by atoms with Crippen LogP contribution in [0, 0.1) is 0 Å². The number of aromatic nitrogens is 2. The van der Waals surface area contributed by atoms with Crippen LogP contribution >= 0.6 is 11.8 Å². The van der Waals surface area contributed by atoms with E-state index in [1.165, 1.54) is 11.8 Å². The Kier molecular flexibility index (Phi) is 7.15. The molecule has 0 saturated carbocycles. The van der Waals surface area contributed by atoms with Crippen molar-refractivity contribution < 1.29 is 9.59 Å². The minimum Gasteiger partial charge on any atom is -0.355 e. The molecule has 0 bridgehead atoms. The van der Waals surface area contributed by atoms with Crippen LogP contribution in [0.1, 0.15) is 39.0 Å². The number of aryl methyl sites for hydroxylation is 1. The molecule has 27 heavy (non-hydrogen) atoms. The van der Waals surface area contributed by atoms with Gasteiger partial charge in [-0.3, -0.25) is 9.59 Å². The largest absolute Gasteiger partial charge is 0.355 e. The maximum Gasteiger partial charge on any atom is 0.230 e. The molecular weight excluding hydrogens is 360 g/mol. The van der Waals surface area contributed by atoms with Crippen molar-refractivity contribution in [3.05, 3.63) is 24.3 Å². The molecule has 0 spiro atoms. The smallest absolute Gasteiger partial charge is 0.230 e. The summed E-state index contributed by atoms with van der Waals surface area (Å²) >= 11 is 1.47. The van der Waals surface area contributed by atoms with Crippen LogP contribution in [0.3, 0.4) is 0 Å². The number of fused-ring (bicyclic) bond motifs is 1. The molecule has 3 rings (SSSR count). The highest BCUT2D eigenvalue weighted by atomic mass is 32.2. The van der Waals surface area contributed by atoms with Gasteiger partial charge >= 0.3 is 0 Å². The molecule has 1 N–H and O–H groups in total. The Labute approximate surface area is 164 Å². The molecule has 1 aliphatic rings. The van der Waals surface area contributed by atoms with Gasteiger partial charge in [-0.1, -0.05) is 30.3 Å². The van der Waals surface area contributed by atoms with E-state index in [1.807, 2.05) is 23.1 Å². The lowest BCUT2D eigenvalue weighted by molar-refractivity contribution is -0.130. The molecule has 1 aromatic carbocycles. The highest BCUT2D eigenvalue weighted by molar-refractivity contribution is 7.99. The van der Waals surface area contributed by atoms with E-state index >= 15 is 0 Å². The second kappa shape index (κ2) is 9.78. The Morgan fingerprint density at radius 3 is 2.96 bits per heavy atom. The van der Waals surface area contributed by atoms with Gasteiger partial charge in [-0.15, -0.1) is 0 Å². The van der Waals surface area contributed by atoms with Gasteiger partial charge < -0.3 is 14.8 Å². The molecule has 1 aliphatic heterocycles. The lowest BCUT2D eigenvalue weighted by atomic mass is 10.2. The van der Waals surface area contributed by atoms with Gasteiger partial charge in [-0.2, -0.15) is 0 Å². The molecule has 2 aromatic rings. The fraction of sp³-hybridized carbons (Fsp3) is 0.550. The molecule has 146 valence electrons. The molecule has 0 radical (unpaired) electrons. The molecule has 1 saturated heterocycles. The first-order chi connectivity index (χ1) is 13.2. The third-order valence-corrected chi connectivity index (χ3v) is 5.84. The SMILES string of the molecule is CCn1c(SCC(=O)NCCCN2CCCCCC2=O)nc2ccccc21. The first kappa shape index (κ1) is 19.7. The number of amides is 2. The fourth-order valence-corrected chi connectivity index (χ4v) is 4.33. The molecule has 0 unspecified atom stereocenters. The number of hydrogen-bond acceptors (Lipinski definition) is 4. The van der Waals surface area contributed by atoms with E-state index in [-0.39, 0.29) is 11.8 Å². The number of hydrogen-bond donors (Lipinski definition) is 1. The predicted octanol–water partition coefficient (Wildman–Crippen LogP) is 3.06. The third kappa shape index (κ3) is 5.25. The summed E-state index contributed by atoms with van der Waals surface area (Å²) in [5.74, 6) is 0.621. The zero-order valence-electron chi connectivity index (χ0n) is 15.9. The van der Waals surface area contributed by atoms with Crippen LogP contribution in [-0.4, -0.2) is 51.7 Å². The van der Waals surface area contributed by atoms with Gasteiger partial charge in [0.15, 0.2) is 5.16 Å². The molecule has 1 aromatic heterocycles. The molecule has 7 heteroatoms. The summed E-state index contributed by atoms with van der Waals surface area (Å²) in [7, 11) is 0. The molecule has 2 heterocycles. The van der Waals surface area contributed by atoms with Gasteiger partial charge in [0.2, 0.25) is 11.8 Å². The topological polar surface area (TPSA) is 67.2 Å². The number of carbonyl (C=O) groups is 2. The molecule has 0 aliphatic carbocycles. The molecule has 6 nitrogen and oxygen atoms in total. The first-order valence-electron chi connectivity index (χ1n) is 9.81. The van der Waals surface area contributed by atoms with E-state index in [4.69, 9.17) is 0 Å². The van der Waals surface area contributed by atoms with Crippen LogP contribution in [0.2, 0.25) is 0 Å². The van der Waals surface area contributed by atoms with Crippen molar-refractivity contribution in [2.75, 3.05) is 25.4 Å². The van der Waals surface area contributed by atoms with Crippen LogP contribution in [0.4, 0.5) is 0 Å². The van der Waals surface area contributed by atoms with Crippen molar-refractivity contribution >= 4 is 34.6 Å². The number of rotatable bonds is 8. The minimum absolute atomic E-state index is 0.0110. The number of nitrogens with zero attached hydrogens (tertiary/aromatic N) is 3. The normalized spacial score (nSPS) is 15.1. The van der Waals surface area contributed by atoms with Crippen molar-refractivity contribution in [2.45, 2.75) is 50.7 Å². The van der Waals surface area contributed by atoms with Crippen LogP contribution < -0.4 is 5.32 Å². The van der Waals surface area contributed by atoms with Crippen LogP contribution in [0.25, 0.3) is 11.0 Å². The lowest BCUT2D eigenvalue weighted by Gasteiger charge is -2.20. The lowest BCUT2D eigenvalue weighted by Crippen LogP contribution is -2.34. The van der Waals surface area contributed by atoms with E-state index in [0.29, 0.717) is 18.7 Å². The summed E-state index contributed by atoms with van der Waals surface area (Å²) in [6.07, 6.45) is 4.70. The van der Waals surface area contributed by atoms with E-state index in [0.717, 1.165) is 61.5 Å². The van der Waals surface area contributed by atoms with E-state index in [1.54, 1.807) is 0 Å². The van der Waals surface area contributed by atoms with Gasteiger partial charge in [0.1, 0.15) is 0 Å². The van der Waals surface area contributed by atoms with Crippen molar-refractivity contribution in [3.63, 3.8) is 0 Å². The highest BCUT2D eigenvalue weighted by Gasteiger charge is 2.16. The fourth-order valence-electron chi connectivity index (χ4n) is 3.42. The Morgan fingerprint density at radius 1 is 1.26 bits per heavy atom. The predicted molar refractivity (Wildman–Crippen MR) is 109 cm³/mol. The van der Waals surface area contributed by atoms with Crippen molar-refractivity contribution in [3.8, 4) is 0 Å². The molecule has 2 amide bonds. The number of likely N-dealkylation sites (tertiary alicyclic amines) is 1. The number of carbonyl (C=O) groups excluding carboxylic acids is 2. The first-order valence-corrected chi connectivity index (χ1v) is 10.8. The Balaban J connectivity index is 1.42. The monoisotopic (exact) mass is 388 g/mol. The maximum absolute atomic E-state index is 12.2. The highest BCUT2D eigenvalue weighted by Crippen LogP contribution is 2.23. The summed E-state index contributed by atoms with van der Waals surface area (Å²) in [6, 6.07) is 8.04.